The summed E-state index contributed by atoms with van der Waals surface area (Å²) in [7, 11) is 1.69. The van der Waals surface area contributed by atoms with E-state index in [1.807, 2.05) is 24.3 Å². The third-order valence-electron chi connectivity index (χ3n) is 3.57. The first-order valence-electron chi connectivity index (χ1n) is 6.81. The second-order valence-corrected chi connectivity index (χ2v) is 6.45. The van der Waals surface area contributed by atoms with Crippen molar-refractivity contribution in [1.29, 1.82) is 0 Å². The van der Waals surface area contributed by atoms with Crippen molar-refractivity contribution >= 4 is 23.4 Å². The number of halogens is 1. The highest BCUT2D eigenvalue weighted by Gasteiger charge is 2.15. The predicted octanol–water partition coefficient (Wildman–Crippen LogP) is 4.76. The van der Waals surface area contributed by atoms with E-state index in [4.69, 9.17) is 22.1 Å². The number of nitrogens with two attached hydrogens (primary N) is 1. The van der Waals surface area contributed by atoms with Crippen molar-refractivity contribution in [3.8, 4) is 5.75 Å². The van der Waals surface area contributed by atoms with Gasteiger partial charge in [0.05, 0.1) is 12.1 Å². The molecule has 0 heterocycles. The van der Waals surface area contributed by atoms with Gasteiger partial charge in [-0.05, 0) is 37.1 Å². The average Bonchev–Trinajstić information content (AvgIpc) is 2.48. The maximum atomic E-state index is 6.34. The van der Waals surface area contributed by atoms with Gasteiger partial charge in [0.25, 0.3) is 0 Å². The molecule has 1 unspecified atom stereocenters. The summed E-state index contributed by atoms with van der Waals surface area (Å²) >= 11 is 7.84. The molecule has 21 heavy (non-hydrogen) atoms. The topological polar surface area (TPSA) is 35.2 Å². The fourth-order valence-corrected chi connectivity index (χ4v) is 3.42. The van der Waals surface area contributed by atoms with Crippen LogP contribution >= 0.6 is 23.4 Å². The van der Waals surface area contributed by atoms with Gasteiger partial charge in [-0.25, -0.2) is 0 Å². The monoisotopic (exact) mass is 321 g/mol. The number of rotatable bonds is 5. The number of benzene rings is 2. The Balaban J connectivity index is 2.16. The van der Waals surface area contributed by atoms with E-state index in [1.54, 1.807) is 18.9 Å². The molecule has 1 atom stereocenters. The van der Waals surface area contributed by atoms with Crippen LogP contribution in [-0.4, -0.2) is 12.9 Å². The molecule has 112 valence electrons. The van der Waals surface area contributed by atoms with Gasteiger partial charge >= 0.3 is 0 Å². The van der Waals surface area contributed by atoms with Crippen molar-refractivity contribution in [1.82, 2.24) is 0 Å². The molecule has 0 radical (unpaired) electrons. The molecule has 0 aliphatic carbocycles. The zero-order valence-electron chi connectivity index (χ0n) is 12.5. The fraction of sp³-hybridized carbons (Fsp3) is 0.294. The van der Waals surface area contributed by atoms with Gasteiger partial charge in [0.1, 0.15) is 5.75 Å². The van der Waals surface area contributed by atoms with E-state index in [9.17, 15) is 0 Å². The molecule has 0 bridgehead atoms. The van der Waals surface area contributed by atoms with Gasteiger partial charge in [0.15, 0.2) is 0 Å². The van der Waals surface area contributed by atoms with Crippen LogP contribution in [0.4, 0.5) is 0 Å². The molecular formula is C17H20ClNOS. The fourth-order valence-electron chi connectivity index (χ4n) is 2.21. The molecule has 0 spiro atoms. The highest BCUT2D eigenvalue weighted by molar-refractivity contribution is 7.99. The normalized spacial score (nSPS) is 12.2. The van der Waals surface area contributed by atoms with Crippen LogP contribution in [0.5, 0.6) is 5.75 Å². The van der Waals surface area contributed by atoms with Crippen molar-refractivity contribution in [2.45, 2.75) is 24.8 Å². The summed E-state index contributed by atoms with van der Waals surface area (Å²) in [5.74, 6) is 1.64. The zero-order chi connectivity index (χ0) is 15.4. The Hall–Kier alpha value is -1.16. The Labute approximate surface area is 135 Å². The lowest BCUT2D eigenvalue weighted by Crippen LogP contribution is -2.15. The number of hydrogen-bond donors (Lipinski definition) is 1. The smallest absolute Gasteiger partial charge is 0.126 e. The van der Waals surface area contributed by atoms with Crippen molar-refractivity contribution < 1.29 is 4.74 Å². The van der Waals surface area contributed by atoms with Crippen molar-refractivity contribution in [2.75, 3.05) is 12.9 Å². The van der Waals surface area contributed by atoms with E-state index in [2.05, 4.69) is 26.0 Å². The SMILES string of the molecule is COc1c(C(N)CSc2ccccc2Cl)ccc(C)c1C. The van der Waals surface area contributed by atoms with Crippen LogP contribution < -0.4 is 10.5 Å². The van der Waals surface area contributed by atoms with Gasteiger partial charge in [0, 0.05) is 22.3 Å². The number of hydrogen-bond acceptors (Lipinski definition) is 3. The van der Waals surface area contributed by atoms with Crippen LogP contribution in [0.3, 0.4) is 0 Å². The minimum atomic E-state index is -0.0967. The Morgan fingerprint density at radius 3 is 2.57 bits per heavy atom. The van der Waals surface area contributed by atoms with E-state index in [1.165, 1.54) is 5.56 Å². The molecule has 0 aromatic heterocycles. The first-order chi connectivity index (χ1) is 10.0. The van der Waals surface area contributed by atoms with Crippen LogP contribution in [0.15, 0.2) is 41.3 Å². The first kappa shape index (κ1) is 16.2. The second kappa shape index (κ2) is 7.21. The summed E-state index contributed by atoms with van der Waals surface area (Å²) in [5.41, 5.74) is 9.74. The lowest BCUT2D eigenvalue weighted by molar-refractivity contribution is 0.403. The highest BCUT2D eigenvalue weighted by atomic mass is 35.5. The highest BCUT2D eigenvalue weighted by Crippen LogP contribution is 2.34. The molecule has 0 fully saturated rings. The van der Waals surface area contributed by atoms with Crippen molar-refractivity contribution in [3.05, 3.63) is 58.1 Å². The summed E-state index contributed by atoms with van der Waals surface area (Å²) in [5, 5.41) is 0.766. The van der Waals surface area contributed by atoms with Gasteiger partial charge in [-0.2, -0.15) is 0 Å². The molecule has 2 rings (SSSR count). The summed E-state index contributed by atoms with van der Waals surface area (Å²) in [6.45, 7) is 4.14. The third kappa shape index (κ3) is 3.73. The van der Waals surface area contributed by atoms with Crippen LogP contribution in [0.25, 0.3) is 0 Å². The molecule has 0 aliphatic rings. The lowest BCUT2D eigenvalue weighted by atomic mass is 10.0. The molecule has 0 aliphatic heterocycles. The molecule has 2 aromatic rings. The van der Waals surface area contributed by atoms with Gasteiger partial charge in [-0.1, -0.05) is 35.9 Å². The first-order valence-corrected chi connectivity index (χ1v) is 8.18. The van der Waals surface area contributed by atoms with E-state index in [0.717, 1.165) is 32.5 Å². The number of aryl methyl sites for hydroxylation is 1. The largest absolute Gasteiger partial charge is 0.496 e. The summed E-state index contributed by atoms with van der Waals surface area (Å²) in [4.78, 5) is 1.05. The Morgan fingerprint density at radius 2 is 1.90 bits per heavy atom. The number of ether oxygens (including phenoxy) is 1. The molecule has 0 amide bonds. The Kier molecular flexibility index (Phi) is 5.57. The summed E-state index contributed by atoms with van der Waals surface area (Å²) < 4.78 is 5.54. The van der Waals surface area contributed by atoms with Gasteiger partial charge in [-0.3, -0.25) is 0 Å². The van der Waals surface area contributed by atoms with E-state index < -0.39 is 0 Å². The number of thioether (sulfide) groups is 1. The van der Waals surface area contributed by atoms with Crippen LogP contribution in [-0.2, 0) is 0 Å². The van der Waals surface area contributed by atoms with Crippen molar-refractivity contribution in [2.24, 2.45) is 5.73 Å². The van der Waals surface area contributed by atoms with Crippen LogP contribution in [0.2, 0.25) is 5.02 Å². The maximum absolute atomic E-state index is 6.34. The zero-order valence-corrected chi connectivity index (χ0v) is 14.1. The molecule has 0 saturated heterocycles. The molecule has 2 nitrogen and oxygen atoms in total. The van der Waals surface area contributed by atoms with Gasteiger partial charge in [-0.15, -0.1) is 11.8 Å². The second-order valence-electron chi connectivity index (χ2n) is 4.98. The van der Waals surface area contributed by atoms with E-state index >= 15 is 0 Å². The standard InChI is InChI=1S/C17H20ClNOS/c1-11-8-9-13(17(20-3)12(11)2)15(19)10-21-16-7-5-4-6-14(16)18/h4-9,15H,10,19H2,1-3H3. The predicted molar refractivity (Wildman–Crippen MR) is 91.6 cm³/mol. The third-order valence-corrected chi connectivity index (χ3v) is 5.20. The Bertz CT molecular complexity index is 630. The average molecular weight is 322 g/mol. The lowest BCUT2D eigenvalue weighted by Gasteiger charge is -2.18. The summed E-state index contributed by atoms with van der Waals surface area (Å²) in [6, 6.07) is 11.9. The van der Waals surface area contributed by atoms with Gasteiger partial charge < -0.3 is 10.5 Å². The molecule has 0 saturated carbocycles. The molecule has 4 heteroatoms. The van der Waals surface area contributed by atoms with Crippen LogP contribution in [0.1, 0.15) is 22.7 Å². The number of methoxy groups -OCH3 is 1. The van der Waals surface area contributed by atoms with Crippen LogP contribution in [0, 0.1) is 13.8 Å². The quantitative estimate of drug-likeness (QED) is 0.806. The van der Waals surface area contributed by atoms with Crippen molar-refractivity contribution in [3.63, 3.8) is 0 Å². The molecular weight excluding hydrogens is 302 g/mol. The van der Waals surface area contributed by atoms with E-state index in [0.29, 0.717) is 0 Å². The molecule has 2 N–H and O–H groups in total. The van der Waals surface area contributed by atoms with Gasteiger partial charge in [0.2, 0.25) is 0 Å². The Morgan fingerprint density at radius 1 is 1.19 bits per heavy atom. The maximum Gasteiger partial charge on any atom is 0.126 e. The summed E-state index contributed by atoms with van der Waals surface area (Å²) in [6.07, 6.45) is 0. The minimum absolute atomic E-state index is 0.0967. The molecule has 2 aromatic carbocycles. The minimum Gasteiger partial charge on any atom is -0.496 e. The van der Waals surface area contributed by atoms with E-state index in [-0.39, 0.29) is 6.04 Å².